The van der Waals surface area contributed by atoms with Crippen molar-refractivity contribution in [2.45, 2.75) is 29.3 Å². The lowest BCUT2D eigenvalue weighted by molar-refractivity contribution is 0.576. The molecule has 4 nitrogen and oxygen atoms in total. The van der Waals surface area contributed by atoms with Crippen LogP contribution in [0.4, 0.5) is 5.69 Å². The van der Waals surface area contributed by atoms with E-state index in [4.69, 9.17) is 5.73 Å². The zero-order valence-corrected chi connectivity index (χ0v) is 13.5. The van der Waals surface area contributed by atoms with Crippen molar-refractivity contribution in [3.8, 4) is 0 Å². The molecule has 3 rings (SSSR count). The van der Waals surface area contributed by atoms with Gasteiger partial charge in [-0.3, -0.25) is 0 Å². The largest absolute Gasteiger partial charge is 0.398 e. The van der Waals surface area contributed by atoms with Crippen LogP contribution in [0.2, 0.25) is 0 Å². The Hall–Kier alpha value is -1.58. The molecule has 2 aromatic carbocycles. The highest BCUT2D eigenvalue weighted by Gasteiger charge is 2.45. The second-order valence-corrected chi connectivity index (χ2v) is 10.6. The number of benzene rings is 2. The van der Waals surface area contributed by atoms with E-state index in [-0.39, 0.29) is 21.1 Å². The molecule has 0 aromatic heterocycles. The number of anilines is 1. The highest BCUT2D eigenvalue weighted by molar-refractivity contribution is 7.95. The average molecular weight is 321 g/mol. The SMILES string of the molecule is CC(C)P1(=O)c2ccccc2S(=O)(=O)c2cccc(N)c21. The maximum absolute atomic E-state index is 13.7. The number of nitrogens with two attached hydrogens (primary N) is 1. The summed E-state index contributed by atoms with van der Waals surface area (Å²) in [5.74, 6) is 0. The fourth-order valence-electron chi connectivity index (χ4n) is 2.85. The monoisotopic (exact) mass is 321 g/mol. The van der Waals surface area contributed by atoms with Gasteiger partial charge in [-0.15, -0.1) is 0 Å². The third-order valence-corrected chi connectivity index (χ3v) is 9.77. The van der Waals surface area contributed by atoms with Crippen LogP contribution in [0.15, 0.2) is 52.3 Å². The summed E-state index contributed by atoms with van der Waals surface area (Å²) in [5, 5.41) is 0.684. The summed E-state index contributed by atoms with van der Waals surface area (Å²) in [6, 6.07) is 11.2. The van der Waals surface area contributed by atoms with E-state index in [9.17, 15) is 13.0 Å². The Morgan fingerprint density at radius 1 is 1.00 bits per heavy atom. The molecule has 1 aliphatic rings. The zero-order chi connectivity index (χ0) is 15.4. The van der Waals surface area contributed by atoms with E-state index in [2.05, 4.69) is 0 Å². The van der Waals surface area contributed by atoms with Crippen LogP contribution in [0.25, 0.3) is 0 Å². The van der Waals surface area contributed by atoms with Gasteiger partial charge in [0.1, 0.15) is 7.14 Å². The Bertz CT molecular complexity index is 888. The molecule has 2 aromatic rings. The molecule has 0 radical (unpaired) electrons. The molecule has 0 aliphatic carbocycles. The summed E-state index contributed by atoms with van der Waals surface area (Å²) in [4.78, 5) is 0.221. The van der Waals surface area contributed by atoms with Gasteiger partial charge in [-0.05, 0) is 24.3 Å². The van der Waals surface area contributed by atoms with Gasteiger partial charge in [0.25, 0.3) is 0 Å². The molecule has 110 valence electrons. The van der Waals surface area contributed by atoms with Gasteiger partial charge in [0.15, 0.2) is 0 Å². The van der Waals surface area contributed by atoms with Gasteiger partial charge in [-0.2, -0.15) is 0 Å². The third-order valence-electron chi connectivity index (χ3n) is 3.89. The lowest BCUT2D eigenvalue weighted by Gasteiger charge is -2.32. The number of hydrogen-bond acceptors (Lipinski definition) is 4. The first kappa shape index (κ1) is 14.4. The van der Waals surface area contributed by atoms with Gasteiger partial charge in [-0.1, -0.05) is 32.0 Å². The van der Waals surface area contributed by atoms with Gasteiger partial charge in [0.05, 0.1) is 15.1 Å². The Kier molecular flexibility index (Phi) is 3.05. The molecule has 6 heteroatoms. The zero-order valence-electron chi connectivity index (χ0n) is 11.8. The van der Waals surface area contributed by atoms with Crippen molar-refractivity contribution in [3.63, 3.8) is 0 Å². The van der Waals surface area contributed by atoms with Gasteiger partial charge in [0, 0.05) is 16.7 Å². The highest BCUT2D eigenvalue weighted by atomic mass is 32.2. The smallest absolute Gasteiger partial charge is 0.208 e. The number of rotatable bonds is 1. The molecule has 0 fully saturated rings. The van der Waals surface area contributed by atoms with Crippen LogP contribution in [-0.2, 0) is 14.4 Å². The number of nitrogen functional groups attached to an aromatic ring is 1. The summed E-state index contributed by atoms with van der Waals surface area (Å²) < 4.78 is 39.3. The topological polar surface area (TPSA) is 77.2 Å². The van der Waals surface area contributed by atoms with Crippen molar-refractivity contribution in [1.29, 1.82) is 0 Å². The van der Waals surface area contributed by atoms with Crippen LogP contribution in [-0.4, -0.2) is 14.1 Å². The lowest BCUT2D eigenvalue weighted by Crippen LogP contribution is -2.36. The second kappa shape index (κ2) is 4.46. The van der Waals surface area contributed by atoms with E-state index >= 15 is 0 Å². The molecule has 2 N–H and O–H groups in total. The van der Waals surface area contributed by atoms with Crippen molar-refractivity contribution in [3.05, 3.63) is 42.5 Å². The standard InChI is InChI=1S/C15H16NO3PS/c1-10(2)20(17)12-7-3-4-8-13(12)21(18,19)14-9-5-6-11(16)15(14)20/h3-10H,16H2,1-2H3. The van der Waals surface area contributed by atoms with Crippen LogP contribution < -0.4 is 16.3 Å². The van der Waals surface area contributed by atoms with E-state index in [1.165, 1.54) is 12.1 Å². The fraction of sp³-hybridized carbons (Fsp3) is 0.200. The first-order chi connectivity index (χ1) is 9.81. The summed E-state index contributed by atoms with van der Waals surface area (Å²) >= 11 is 0. The average Bonchev–Trinajstić information content (AvgIpc) is 2.45. The molecule has 1 atom stereocenters. The predicted molar refractivity (Wildman–Crippen MR) is 84.8 cm³/mol. The van der Waals surface area contributed by atoms with Crippen molar-refractivity contribution < 1.29 is 13.0 Å². The molecule has 0 bridgehead atoms. The quantitative estimate of drug-likeness (QED) is 0.645. The Balaban J connectivity index is 2.57. The molecule has 0 amide bonds. The summed E-state index contributed by atoms with van der Waals surface area (Å²) in [5.41, 5.74) is 6.05. The van der Waals surface area contributed by atoms with Crippen LogP contribution in [0.3, 0.4) is 0 Å². The summed E-state index contributed by atoms with van der Waals surface area (Å²) in [7, 11) is -6.77. The predicted octanol–water partition coefficient (Wildman–Crippen LogP) is 2.14. The van der Waals surface area contributed by atoms with E-state index in [0.717, 1.165) is 0 Å². The van der Waals surface area contributed by atoms with Gasteiger partial charge >= 0.3 is 0 Å². The summed E-state index contributed by atoms with van der Waals surface area (Å²) in [6.45, 7) is 3.68. The molecule has 1 aliphatic heterocycles. The van der Waals surface area contributed by atoms with Crippen LogP contribution in [0.5, 0.6) is 0 Å². The highest BCUT2D eigenvalue weighted by Crippen LogP contribution is 2.55. The first-order valence-corrected chi connectivity index (χ1v) is 9.90. The minimum Gasteiger partial charge on any atom is -0.398 e. The molecular weight excluding hydrogens is 305 g/mol. The van der Waals surface area contributed by atoms with E-state index < -0.39 is 17.0 Å². The van der Waals surface area contributed by atoms with E-state index in [1.807, 2.05) is 13.8 Å². The van der Waals surface area contributed by atoms with Gasteiger partial charge < -0.3 is 10.3 Å². The van der Waals surface area contributed by atoms with Gasteiger partial charge in [-0.25, -0.2) is 8.42 Å². The fourth-order valence-corrected chi connectivity index (χ4v) is 8.73. The Morgan fingerprint density at radius 2 is 1.62 bits per heavy atom. The van der Waals surface area contributed by atoms with E-state index in [0.29, 0.717) is 10.6 Å². The minimum absolute atomic E-state index is 0.0817. The lowest BCUT2D eigenvalue weighted by atomic mass is 10.3. The summed E-state index contributed by atoms with van der Waals surface area (Å²) in [6.07, 6.45) is 0. The molecule has 1 heterocycles. The maximum atomic E-state index is 13.7. The molecule has 0 saturated heterocycles. The normalized spacial score (nSPS) is 22.6. The first-order valence-electron chi connectivity index (χ1n) is 6.64. The van der Waals surface area contributed by atoms with Crippen LogP contribution in [0, 0.1) is 0 Å². The number of sulfone groups is 1. The number of fused-ring (bicyclic) bond motifs is 2. The van der Waals surface area contributed by atoms with Crippen molar-refractivity contribution in [1.82, 2.24) is 0 Å². The van der Waals surface area contributed by atoms with Crippen LogP contribution in [0.1, 0.15) is 13.8 Å². The second-order valence-electron chi connectivity index (χ2n) is 5.42. The van der Waals surface area contributed by atoms with Crippen molar-refractivity contribution >= 4 is 33.3 Å². The molecule has 0 spiro atoms. The Labute approximate surface area is 124 Å². The van der Waals surface area contributed by atoms with Gasteiger partial charge in [0.2, 0.25) is 9.84 Å². The molecule has 1 unspecified atom stereocenters. The maximum Gasteiger partial charge on any atom is 0.208 e. The minimum atomic E-state index is -3.68. The molecule has 21 heavy (non-hydrogen) atoms. The molecular formula is C15H16NO3PS. The third kappa shape index (κ3) is 1.74. The molecule has 0 saturated carbocycles. The van der Waals surface area contributed by atoms with Crippen LogP contribution >= 0.6 is 7.14 Å². The van der Waals surface area contributed by atoms with E-state index in [1.54, 1.807) is 30.3 Å². The van der Waals surface area contributed by atoms with Crippen molar-refractivity contribution in [2.24, 2.45) is 0 Å². The number of hydrogen-bond donors (Lipinski definition) is 1. The van der Waals surface area contributed by atoms with Crippen molar-refractivity contribution in [2.75, 3.05) is 5.73 Å². The Morgan fingerprint density at radius 3 is 2.29 bits per heavy atom.